The van der Waals surface area contributed by atoms with Gasteiger partial charge in [-0.2, -0.15) is 0 Å². The van der Waals surface area contributed by atoms with E-state index in [4.69, 9.17) is 11.6 Å². The number of fused-ring (bicyclic) bond motifs is 1. The highest BCUT2D eigenvalue weighted by Crippen LogP contribution is 2.38. The molecule has 0 N–H and O–H groups in total. The van der Waals surface area contributed by atoms with Crippen molar-refractivity contribution in [3.05, 3.63) is 74.3 Å². The molecule has 0 spiro atoms. The minimum absolute atomic E-state index is 0.137. The van der Waals surface area contributed by atoms with Crippen LogP contribution in [-0.2, 0) is 6.42 Å². The van der Waals surface area contributed by atoms with Gasteiger partial charge < -0.3 is 0 Å². The molecule has 1 aliphatic carbocycles. The van der Waals surface area contributed by atoms with Crippen LogP contribution in [0.5, 0.6) is 0 Å². The van der Waals surface area contributed by atoms with Gasteiger partial charge in [-0.1, -0.05) is 41.9 Å². The van der Waals surface area contributed by atoms with Crippen molar-refractivity contribution in [2.75, 3.05) is 0 Å². The molecule has 0 heterocycles. The van der Waals surface area contributed by atoms with Gasteiger partial charge in [-0.15, -0.1) is 0 Å². The zero-order chi connectivity index (χ0) is 13.4. The van der Waals surface area contributed by atoms with Crippen molar-refractivity contribution >= 4 is 28.9 Å². The highest BCUT2D eigenvalue weighted by Gasteiger charge is 2.22. The van der Waals surface area contributed by atoms with E-state index < -0.39 is 0 Å². The second kappa shape index (κ2) is 4.52. The Morgan fingerprint density at radius 1 is 1.11 bits per heavy atom. The molecule has 0 saturated heterocycles. The van der Waals surface area contributed by atoms with Crippen molar-refractivity contribution in [1.29, 1.82) is 0 Å². The topological polar surface area (TPSA) is 43.1 Å². The van der Waals surface area contributed by atoms with Gasteiger partial charge in [-0.3, -0.25) is 10.1 Å². The fourth-order valence-corrected chi connectivity index (χ4v) is 2.65. The molecule has 0 aromatic heterocycles. The van der Waals surface area contributed by atoms with E-state index in [1.807, 2.05) is 30.3 Å². The molecular weight excluding hydrogens is 262 g/mol. The SMILES string of the molecule is O=[N+]([O-])c1ccccc1C1=Cc2cccc(Cl)c2C1. The maximum absolute atomic E-state index is 11.1. The van der Waals surface area contributed by atoms with Gasteiger partial charge in [0.05, 0.1) is 10.5 Å². The van der Waals surface area contributed by atoms with Crippen LogP contribution in [0.2, 0.25) is 5.02 Å². The van der Waals surface area contributed by atoms with Crippen molar-refractivity contribution in [3.8, 4) is 0 Å². The predicted molar refractivity (Wildman–Crippen MR) is 76.1 cm³/mol. The summed E-state index contributed by atoms with van der Waals surface area (Å²) < 4.78 is 0. The molecule has 4 heteroatoms. The zero-order valence-electron chi connectivity index (χ0n) is 9.97. The Morgan fingerprint density at radius 3 is 2.63 bits per heavy atom. The average molecular weight is 272 g/mol. The summed E-state index contributed by atoms with van der Waals surface area (Å²) in [5.41, 5.74) is 3.82. The zero-order valence-corrected chi connectivity index (χ0v) is 10.7. The molecule has 0 fully saturated rings. The van der Waals surface area contributed by atoms with E-state index in [0.29, 0.717) is 17.0 Å². The Bertz CT molecular complexity index is 707. The fourth-order valence-electron chi connectivity index (χ4n) is 2.40. The summed E-state index contributed by atoms with van der Waals surface area (Å²) in [6, 6.07) is 12.5. The third-order valence-electron chi connectivity index (χ3n) is 3.30. The number of para-hydroxylation sites is 1. The van der Waals surface area contributed by atoms with E-state index in [2.05, 4.69) is 0 Å². The summed E-state index contributed by atoms with van der Waals surface area (Å²) in [6.07, 6.45) is 2.61. The summed E-state index contributed by atoms with van der Waals surface area (Å²) >= 11 is 6.16. The summed E-state index contributed by atoms with van der Waals surface area (Å²) in [5.74, 6) is 0. The van der Waals surface area contributed by atoms with Gasteiger partial charge in [-0.25, -0.2) is 0 Å². The van der Waals surface area contributed by atoms with Crippen molar-refractivity contribution < 1.29 is 4.92 Å². The molecular formula is C15H10ClNO2. The van der Waals surface area contributed by atoms with Gasteiger partial charge in [-0.05, 0) is 28.8 Å². The first-order valence-electron chi connectivity index (χ1n) is 5.88. The van der Waals surface area contributed by atoms with E-state index >= 15 is 0 Å². The molecule has 2 aromatic carbocycles. The highest BCUT2D eigenvalue weighted by molar-refractivity contribution is 6.32. The molecule has 1 aliphatic rings. The normalized spacial score (nSPS) is 13.0. The van der Waals surface area contributed by atoms with Crippen molar-refractivity contribution in [2.24, 2.45) is 0 Å². The van der Waals surface area contributed by atoms with Gasteiger partial charge in [0, 0.05) is 17.5 Å². The van der Waals surface area contributed by atoms with E-state index in [1.54, 1.807) is 12.1 Å². The molecule has 3 nitrogen and oxygen atoms in total. The Kier molecular flexibility index (Phi) is 2.84. The quantitative estimate of drug-likeness (QED) is 0.602. The van der Waals surface area contributed by atoms with Crippen LogP contribution < -0.4 is 0 Å². The van der Waals surface area contributed by atoms with Crippen molar-refractivity contribution in [1.82, 2.24) is 0 Å². The van der Waals surface area contributed by atoms with Crippen LogP contribution in [0.25, 0.3) is 11.6 Å². The standard InChI is InChI=1S/C15H10ClNO2/c16-14-6-3-4-10-8-11(9-13(10)14)12-5-1-2-7-15(12)17(18)19/h1-8H,9H2. The van der Waals surface area contributed by atoms with Crippen LogP contribution in [0.1, 0.15) is 16.7 Å². The van der Waals surface area contributed by atoms with Gasteiger partial charge in [0.1, 0.15) is 0 Å². The van der Waals surface area contributed by atoms with Gasteiger partial charge in [0.25, 0.3) is 5.69 Å². The number of halogens is 1. The Morgan fingerprint density at radius 2 is 1.89 bits per heavy atom. The third-order valence-corrected chi connectivity index (χ3v) is 3.65. The lowest BCUT2D eigenvalue weighted by Crippen LogP contribution is -1.95. The van der Waals surface area contributed by atoms with E-state index in [9.17, 15) is 10.1 Å². The molecule has 94 valence electrons. The first-order valence-corrected chi connectivity index (χ1v) is 6.26. The van der Waals surface area contributed by atoms with Crippen LogP contribution >= 0.6 is 11.6 Å². The average Bonchev–Trinajstić information content (AvgIpc) is 2.84. The number of benzene rings is 2. The number of hydrogen-bond donors (Lipinski definition) is 0. The summed E-state index contributed by atoms with van der Waals surface area (Å²) in [4.78, 5) is 10.7. The van der Waals surface area contributed by atoms with Gasteiger partial charge in [0.15, 0.2) is 0 Å². The Labute approximate surface area is 115 Å². The van der Waals surface area contributed by atoms with Crippen molar-refractivity contribution in [3.63, 3.8) is 0 Å². The molecule has 3 rings (SSSR count). The molecule has 0 atom stereocenters. The highest BCUT2D eigenvalue weighted by atomic mass is 35.5. The molecule has 2 aromatic rings. The maximum atomic E-state index is 11.1. The lowest BCUT2D eigenvalue weighted by molar-refractivity contribution is -0.385. The molecule has 0 radical (unpaired) electrons. The fraction of sp³-hybridized carbons (Fsp3) is 0.0667. The van der Waals surface area contributed by atoms with Crippen LogP contribution in [0, 0.1) is 10.1 Å². The summed E-state index contributed by atoms with van der Waals surface area (Å²) in [6.45, 7) is 0. The van der Waals surface area contributed by atoms with E-state index in [1.165, 1.54) is 6.07 Å². The van der Waals surface area contributed by atoms with Gasteiger partial charge in [0.2, 0.25) is 0 Å². The largest absolute Gasteiger partial charge is 0.276 e. The van der Waals surface area contributed by atoms with Crippen LogP contribution in [0.4, 0.5) is 5.69 Å². The second-order valence-corrected chi connectivity index (χ2v) is 4.84. The number of hydrogen-bond acceptors (Lipinski definition) is 2. The molecule has 0 amide bonds. The number of rotatable bonds is 2. The molecule has 0 aliphatic heterocycles. The molecule has 0 bridgehead atoms. The molecule has 0 saturated carbocycles. The number of nitrogens with zero attached hydrogens (tertiary/aromatic N) is 1. The minimum atomic E-state index is -0.346. The molecule has 0 unspecified atom stereocenters. The van der Waals surface area contributed by atoms with Crippen LogP contribution in [0.15, 0.2) is 42.5 Å². The second-order valence-electron chi connectivity index (χ2n) is 4.43. The third kappa shape index (κ3) is 2.02. The van der Waals surface area contributed by atoms with E-state index in [-0.39, 0.29) is 10.6 Å². The van der Waals surface area contributed by atoms with Crippen LogP contribution in [-0.4, -0.2) is 4.92 Å². The smallest absolute Gasteiger partial charge is 0.258 e. The van der Waals surface area contributed by atoms with Crippen molar-refractivity contribution in [2.45, 2.75) is 6.42 Å². The monoisotopic (exact) mass is 271 g/mol. The number of nitro benzene ring substituents is 1. The first-order chi connectivity index (χ1) is 9.16. The van der Waals surface area contributed by atoms with Gasteiger partial charge >= 0.3 is 0 Å². The lowest BCUT2D eigenvalue weighted by atomic mass is 10.0. The van der Waals surface area contributed by atoms with Crippen LogP contribution in [0.3, 0.4) is 0 Å². The van der Waals surface area contributed by atoms with E-state index in [0.717, 1.165) is 16.7 Å². The lowest BCUT2D eigenvalue weighted by Gasteiger charge is -2.04. The maximum Gasteiger partial charge on any atom is 0.276 e. The summed E-state index contributed by atoms with van der Waals surface area (Å²) in [7, 11) is 0. The number of allylic oxidation sites excluding steroid dienone is 1. The minimum Gasteiger partial charge on any atom is -0.258 e. The summed E-state index contributed by atoms with van der Waals surface area (Å²) in [5, 5.41) is 11.8. The predicted octanol–water partition coefficient (Wildman–Crippen LogP) is 4.34. The Balaban J connectivity index is 2.08. The molecule has 19 heavy (non-hydrogen) atoms. The Hall–Kier alpha value is -2.13. The number of nitro groups is 1. The first kappa shape index (κ1) is 11.9.